The van der Waals surface area contributed by atoms with E-state index in [1.807, 2.05) is 43.3 Å². The third-order valence-electron chi connectivity index (χ3n) is 5.58. The maximum atomic E-state index is 13.6. The van der Waals surface area contributed by atoms with E-state index in [1.54, 1.807) is 35.8 Å². The van der Waals surface area contributed by atoms with Gasteiger partial charge < -0.3 is 14.2 Å². The van der Waals surface area contributed by atoms with E-state index in [0.29, 0.717) is 32.8 Å². The van der Waals surface area contributed by atoms with E-state index in [2.05, 4.69) is 4.99 Å². The lowest BCUT2D eigenvalue weighted by Gasteiger charge is -2.25. The number of aromatic nitrogens is 1. The van der Waals surface area contributed by atoms with Gasteiger partial charge in [0.2, 0.25) is 0 Å². The Morgan fingerprint density at radius 3 is 2.58 bits per heavy atom. The smallest absolute Gasteiger partial charge is 0.344 e. The second-order valence-corrected chi connectivity index (χ2v) is 8.87. The molecule has 3 aromatic rings. The average Bonchev–Trinajstić information content (AvgIpc) is 3.21. The third kappa shape index (κ3) is 5.16. The standard InChI is InChI=1S/C27H26N2O6S/c1-4-20-23(26(32)33-3)24(18-11-7-6-8-12-18)29-25(31)21(36-27(29)28-20)15-17-10-9-13-19(14-17)35-16-22(30)34-5-2/h6-15,24H,4-5,16H2,1-3H3/b21-15+/t24-/m1/s1. The molecular formula is C27H26N2O6S. The summed E-state index contributed by atoms with van der Waals surface area (Å²) in [6.45, 7) is 3.73. The van der Waals surface area contributed by atoms with Crippen LogP contribution in [0.1, 0.15) is 37.4 Å². The molecule has 2 aromatic carbocycles. The van der Waals surface area contributed by atoms with E-state index in [-0.39, 0.29) is 18.8 Å². The number of benzene rings is 2. The first kappa shape index (κ1) is 25.1. The van der Waals surface area contributed by atoms with Gasteiger partial charge in [0.05, 0.1) is 35.6 Å². The van der Waals surface area contributed by atoms with Crippen LogP contribution in [-0.2, 0) is 19.1 Å². The molecule has 2 heterocycles. The molecule has 4 rings (SSSR count). The van der Waals surface area contributed by atoms with Crippen LogP contribution < -0.4 is 19.6 Å². The van der Waals surface area contributed by atoms with Crippen molar-refractivity contribution in [2.45, 2.75) is 26.3 Å². The molecule has 0 N–H and O–H groups in total. The van der Waals surface area contributed by atoms with Gasteiger partial charge >= 0.3 is 11.9 Å². The number of thiazole rings is 1. The van der Waals surface area contributed by atoms with Crippen molar-refractivity contribution in [1.29, 1.82) is 0 Å². The summed E-state index contributed by atoms with van der Waals surface area (Å²) in [6.07, 6.45) is 2.26. The number of fused-ring (bicyclic) bond motifs is 1. The second kappa shape index (κ2) is 11.2. The summed E-state index contributed by atoms with van der Waals surface area (Å²) in [4.78, 5) is 43.2. The molecule has 0 amide bonds. The van der Waals surface area contributed by atoms with Crippen molar-refractivity contribution in [2.24, 2.45) is 4.99 Å². The zero-order chi connectivity index (χ0) is 25.7. The summed E-state index contributed by atoms with van der Waals surface area (Å²) in [5.74, 6) is -0.483. The fraction of sp³-hybridized carbons (Fsp3) is 0.259. The summed E-state index contributed by atoms with van der Waals surface area (Å²) >= 11 is 1.25. The molecule has 8 nitrogen and oxygen atoms in total. The maximum Gasteiger partial charge on any atom is 0.344 e. The van der Waals surface area contributed by atoms with Gasteiger partial charge in [0.25, 0.3) is 5.56 Å². The van der Waals surface area contributed by atoms with Crippen molar-refractivity contribution in [2.75, 3.05) is 20.3 Å². The summed E-state index contributed by atoms with van der Waals surface area (Å²) < 4.78 is 17.5. The minimum atomic E-state index is -0.647. The van der Waals surface area contributed by atoms with Gasteiger partial charge in [0.15, 0.2) is 11.4 Å². The monoisotopic (exact) mass is 506 g/mol. The number of carbonyl (C=O) groups excluding carboxylic acids is 2. The Hall–Kier alpha value is -3.98. The highest BCUT2D eigenvalue weighted by molar-refractivity contribution is 7.07. The Morgan fingerprint density at radius 1 is 1.11 bits per heavy atom. The molecule has 1 aliphatic rings. The van der Waals surface area contributed by atoms with E-state index in [1.165, 1.54) is 18.4 Å². The first-order chi connectivity index (χ1) is 17.5. The number of ether oxygens (including phenoxy) is 3. The van der Waals surface area contributed by atoms with Gasteiger partial charge in [-0.1, -0.05) is 60.7 Å². The first-order valence-electron chi connectivity index (χ1n) is 11.5. The van der Waals surface area contributed by atoms with Crippen LogP contribution in [0.25, 0.3) is 6.08 Å². The second-order valence-electron chi connectivity index (χ2n) is 7.87. The van der Waals surface area contributed by atoms with Crippen LogP contribution in [-0.4, -0.2) is 36.8 Å². The SMILES string of the molecule is CCOC(=O)COc1cccc(/C=c2/sc3n(c2=O)[C@H](c2ccccc2)C(C(=O)OC)=C(CC)N=3)c1. The molecule has 0 aliphatic carbocycles. The number of hydrogen-bond acceptors (Lipinski definition) is 8. The average molecular weight is 507 g/mol. The number of methoxy groups -OCH3 is 1. The fourth-order valence-corrected chi connectivity index (χ4v) is 5.03. The third-order valence-corrected chi connectivity index (χ3v) is 6.57. The van der Waals surface area contributed by atoms with Crippen LogP contribution in [0.2, 0.25) is 0 Å². The number of nitrogens with zero attached hydrogens (tertiary/aromatic N) is 2. The van der Waals surface area contributed by atoms with Crippen LogP contribution >= 0.6 is 11.3 Å². The molecular weight excluding hydrogens is 480 g/mol. The topological polar surface area (TPSA) is 96.2 Å². The van der Waals surface area contributed by atoms with Gasteiger partial charge in [-0.15, -0.1) is 0 Å². The molecule has 0 bridgehead atoms. The van der Waals surface area contributed by atoms with Crippen molar-refractivity contribution in [3.8, 4) is 5.75 Å². The van der Waals surface area contributed by atoms with Crippen LogP contribution in [0.3, 0.4) is 0 Å². The molecule has 0 unspecified atom stereocenters. The van der Waals surface area contributed by atoms with Crippen molar-refractivity contribution >= 4 is 29.4 Å². The molecule has 186 valence electrons. The number of allylic oxidation sites excluding steroid dienone is 1. The molecule has 9 heteroatoms. The van der Waals surface area contributed by atoms with Crippen LogP contribution in [0.15, 0.2) is 75.7 Å². The lowest BCUT2D eigenvalue weighted by molar-refractivity contribution is -0.145. The minimum Gasteiger partial charge on any atom is -0.482 e. The molecule has 0 spiro atoms. The lowest BCUT2D eigenvalue weighted by atomic mass is 9.95. The molecule has 1 atom stereocenters. The quantitative estimate of drug-likeness (QED) is 0.436. The van der Waals surface area contributed by atoms with Crippen molar-refractivity contribution < 1.29 is 23.8 Å². The van der Waals surface area contributed by atoms with Crippen molar-refractivity contribution in [3.05, 3.63) is 96.7 Å². The molecule has 36 heavy (non-hydrogen) atoms. The molecule has 0 fully saturated rings. The van der Waals surface area contributed by atoms with Gasteiger partial charge in [0.1, 0.15) is 5.75 Å². The van der Waals surface area contributed by atoms with Gasteiger partial charge in [0, 0.05) is 0 Å². The Bertz CT molecular complexity index is 1490. The Balaban J connectivity index is 1.80. The largest absolute Gasteiger partial charge is 0.482 e. The highest BCUT2D eigenvalue weighted by Crippen LogP contribution is 2.31. The van der Waals surface area contributed by atoms with E-state index in [4.69, 9.17) is 14.2 Å². The van der Waals surface area contributed by atoms with E-state index in [0.717, 1.165) is 11.1 Å². The van der Waals surface area contributed by atoms with Crippen molar-refractivity contribution in [3.63, 3.8) is 0 Å². The van der Waals surface area contributed by atoms with Crippen LogP contribution in [0, 0.1) is 0 Å². The fourth-order valence-electron chi connectivity index (χ4n) is 4.01. The summed E-state index contributed by atoms with van der Waals surface area (Å²) in [5.41, 5.74) is 2.21. The highest BCUT2D eigenvalue weighted by atomic mass is 32.1. The van der Waals surface area contributed by atoms with Gasteiger partial charge in [-0.25, -0.2) is 14.6 Å². The van der Waals surface area contributed by atoms with Crippen LogP contribution in [0.4, 0.5) is 0 Å². The number of rotatable bonds is 8. The predicted molar refractivity (Wildman–Crippen MR) is 135 cm³/mol. The molecule has 0 saturated heterocycles. The van der Waals surface area contributed by atoms with Crippen LogP contribution in [0.5, 0.6) is 5.75 Å². The summed E-state index contributed by atoms with van der Waals surface area (Å²) in [7, 11) is 1.33. The maximum absolute atomic E-state index is 13.6. The minimum absolute atomic E-state index is 0.202. The van der Waals surface area contributed by atoms with E-state index < -0.39 is 18.0 Å². The molecule has 0 saturated carbocycles. The van der Waals surface area contributed by atoms with Crippen molar-refractivity contribution in [1.82, 2.24) is 4.57 Å². The number of hydrogen-bond donors (Lipinski definition) is 0. The molecule has 1 aliphatic heterocycles. The normalized spacial score (nSPS) is 15.2. The highest BCUT2D eigenvalue weighted by Gasteiger charge is 2.33. The van der Waals surface area contributed by atoms with E-state index >= 15 is 0 Å². The zero-order valence-electron chi connectivity index (χ0n) is 20.2. The predicted octanol–water partition coefficient (Wildman–Crippen LogP) is 2.74. The Labute approximate surface area is 211 Å². The molecule has 1 aromatic heterocycles. The number of carbonyl (C=O) groups is 2. The zero-order valence-corrected chi connectivity index (χ0v) is 21.0. The van der Waals surface area contributed by atoms with Gasteiger partial charge in [-0.05, 0) is 42.7 Å². The first-order valence-corrected chi connectivity index (χ1v) is 12.3. The van der Waals surface area contributed by atoms with Gasteiger partial charge in [-0.3, -0.25) is 9.36 Å². The summed E-state index contributed by atoms with van der Waals surface area (Å²) in [6, 6.07) is 15.8. The Kier molecular flexibility index (Phi) is 7.80. The number of esters is 2. The lowest BCUT2D eigenvalue weighted by Crippen LogP contribution is -2.40. The Morgan fingerprint density at radius 2 is 1.89 bits per heavy atom. The van der Waals surface area contributed by atoms with Gasteiger partial charge in [-0.2, -0.15) is 0 Å². The van der Waals surface area contributed by atoms with E-state index in [9.17, 15) is 14.4 Å². The summed E-state index contributed by atoms with van der Waals surface area (Å²) in [5, 5.41) is 0. The molecule has 0 radical (unpaired) electrons.